The zero-order valence-electron chi connectivity index (χ0n) is 13.2. The molecule has 0 N–H and O–H groups in total. The van der Waals surface area contributed by atoms with Gasteiger partial charge in [0.25, 0.3) is 0 Å². The second kappa shape index (κ2) is 22.5. The summed E-state index contributed by atoms with van der Waals surface area (Å²) in [5, 5.41) is 0. The maximum Gasteiger partial charge on any atom is 0.330 e. The summed E-state index contributed by atoms with van der Waals surface area (Å²) in [4.78, 5) is 10.7. The zero-order valence-corrected chi connectivity index (χ0v) is 13.2. The Morgan fingerprint density at radius 1 is 0.818 bits per heavy atom. The Bertz CT molecular complexity index is 227. The minimum absolute atomic E-state index is 0. The van der Waals surface area contributed by atoms with E-state index in [1.54, 1.807) is 0 Å². The van der Waals surface area contributed by atoms with Crippen LogP contribution in [0.3, 0.4) is 0 Å². The van der Waals surface area contributed by atoms with Crippen molar-refractivity contribution in [2.45, 2.75) is 86.0 Å². The lowest BCUT2D eigenvalue weighted by Gasteiger charge is -2.05. The third-order valence-electron chi connectivity index (χ3n) is 3.28. The van der Waals surface area contributed by atoms with Gasteiger partial charge in [0.15, 0.2) is 0 Å². The van der Waals surface area contributed by atoms with Crippen LogP contribution in [0, 0.1) is 0 Å². The monoisotopic (exact) mass is 316 g/mol. The Morgan fingerprint density at radius 3 is 1.82 bits per heavy atom. The van der Waals surface area contributed by atoms with E-state index in [1.807, 2.05) is 0 Å². The van der Waals surface area contributed by atoms with E-state index in [0.717, 1.165) is 13.0 Å². The van der Waals surface area contributed by atoms with E-state index >= 15 is 0 Å². The summed E-state index contributed by atoms with van der Waals surface area (Å²) in [7, 11) is 0. The van der Waals surface area contributed by atoms with Crippen LogP contribution in [-0.2, 0) is 14.3 Å². The summed E-state index contributed by atoms with van der Waals surface area (Å²) < 4.78 is 10.2. The molecule has 22 heavy (non-hydrogen) atoms. The molecule has 0 aromatic rings. The highest BCUT2D eigenvalue weighted by atomic mass is 16.6. The molecule has 0 aliphatic rings. The quantitative estimate of drug-likeness (QED) is 0.213. The fourth-order valence-corrected chi connectivity index (χ4v) is 2.05. The van der Waals surface area contributed by atoms with Gasteiger partial charge in [-0.05, 0) is 6.42 Å². The molecule has 0 bridgehead atoms. The van der Waals surface area contributed by atoms with E-state index in [1.165, 1.54) is 63.9 Å². The van der Waals surface area contributed by atoms with Gasteiger partial charge in [0.1, 0.15) is 6.61 Å². The van der Waals surface area contributed by atoms with Crippen LogP contribution in [0.25, 0.3) is 0 Å². The first kappa shape index (κ1) is 26.1. The molecule has 0 amide bonds. The normalized spacial score (nSPS) is 9.50. The van der Waals surface area contributed by atoms with E-state index < -0.39 is 0 Å². The Kier molecular flexibility index (Phi) is 26.6. The van der Waals surface area contributed by atoms with Crippen LogP contribution in [0.2, 0.25) is 0 Å². The summed E-state index contributed by atoms with van der Waals surface area (Å²) >= 11 is 0. The molecule has 0 aromatic heterocycles. The van der Waals surface area contributed by atoms with Crippen molar-refractivity contribution in [1.82, 2.24) is 0 Å². The molecule has 0 radical (unpaired) electrons. The van der Waals surface area contributed by atoms with Gasteiger partial charge in [0.2, 0.25) is 0 Å². The first-order valence-corrected chi connectivity index (χ1v) is 8.18. The predicted molar refractivity (Wildman–Crippen MR) is 97.3 cm³/mol. The van der Waals surface area contributed by atoms with Crippen LogP contribution in [0.15, 0.2) is 12.7 Å². The van der Waals surface area contributed by atoms with Gasteiger partial charge in [-0.3, -0.25) is 0 Å². The summed E-state index contributed by atoms with van der Waals surface area (Å²) in [6.07, 6.45) is 14.5. The van der Waals surface area contributed by atoms with Crippen molar-refractivity contribution >= 4 is 5.97 Å². The van der Waals surface area contributed by atoms with Gasteiger partial charge >= 0.3 is 5.97 Å². The molecule has 0 aliphatic heterocycles. The maximum atomic E-state index is 10.7. The average molecular weight is 317 g/mol. The molecule has 0 saturated heterocycles. The van der Waals surface area contributed by atoms with Gasteiger partial charge in [-0.2, -0.15) is 0 Å². The third kappa shape index (κ3) is 21.5. The van der Waals surface area contributed by atoms with Crippen LogP contribution in [0.4, 0.5) is 0 Å². The standard InChI is InChI=1S/C17H32O3.2CH4/c1-3-5-6-7-8-9-10-11-12-13-14-19-15-16-20-17(18)4-2;;/h4H,2-3,5-16H2,1H3;2*1H4. The van der Waals surface area contributed by atoms with E-state index in [9.17, 15) is 4.79 Å². The molecule has 0 unspecified atom stereocenters. The lowest BCUT2D eigenvalue weighted by molar-refractivity contribution is -0.139. The topological polar surface area (TPSA) is 35.5 Å². The number of rotatable bonds is 15. The highest BCUT2D eigenvalue weighted by Gasteiger charge is 1.95. The minimum atomic E-state index is -0.382. The Balaban J connectivity index is -0.00000180. The molecule has 0 heterocycles. The maximum absolute atomic E-state index is 10.7. The minimum Gasteiger partial charge on any atom is -0.460 e. The molecular formula is C19H40O3. The molecule has 134 valence electrons. The Hall–Kier alpha value is -0.830. The van der Waals surface area contributed by atoms with Crippen molar-refractivity contribution in [2.24, 2.45) is 0 Å². The van der Waals surface area contributed by atoms with Gasteiger partial charge in [0, 0.05) is 12.7 Å². The van der Waals surface area contributed by atoms with E-state index in [0.29, 0.717) is 13.2 Å². The second-order valence-electron chi connectivity index (χ2n) is 5.17. The fraction of sp³-hybridized carbons (Fsp3) is 0.842. The van der Waals surface area contributed by atoms with Gasteiger partial charge in [-0.15, -0.1) is 0 Å². The highest BCUT2D eigenvalue weighted by Crippen LogP contribution is 2.10. The van der Waals surface area contributed by atoms with E-state index in [2.05, 4.69) is 13.5 Å². The van der Waals surface area contributed by atoms with Crippen LogP contribution in [0.1, 0.15) is 86.0 Å². The number of carbonyl (C=O) groups excluding carboxylic acids is 1. The van der Waals surface area contributed by atoms with Gasteiger partial charge in [-0.25, -0.2) is 4.79 Å². The number of esters is 1. The first-order chi connectivity index (χ1) is 9.81. The fourth-order valence-electron chi connectivity index (χ4n) is 2.05. The van der Waals surface area contributed by atoms with Crippen molar-refractivity contribution in [3.8, 4) is 0 Å². The second-order valence-corrected chi connectivity index (χ2v) is 5.17. The van der Waals surface area contributed by atoms with Crippen LogP contribution < -0.4 is 0 Å². The lowest BCUT2D eigenvalue weighted by atomic mass is 10.1. The number of hydrogen-bond acceptors (Lipinski definition) is 3. The van der Waals surface area contributed by atoms with Crippen molar-refractivity contribution in [2.75, 3.05) is 19.8 Å². The largest absolute Gasteiger partial charge is 0.460 e. The van der Waals surface area contributed by atoms with Crippen molar-refractivity contribution in [3.63, 3.8) is 0 Å². The van der Waals surface area contributed by atoms with Crippen LogP contribution in [0.5, 0.6) is 0 Å². The predicted octanol–water partition coefficient (Wildman–Crippen LogP) is 5.93. The molecule has 3 heteroatoms. The Morgan fingerprint density at radius 2 is 1.32 bits per heavy atom. The van der Waals surface area contributed by atoms with Crippen molar-refractivity contribution in [3.05, 3.63) is 12.7 Å². The average Bonchev–Trinajstić information content (AvgIpc) is 2.47. The van der Waals surface area contributed by atoms with Gasteiger partial charge in [-0.1, -0.05) is 86.1 Å². The molecule has 0 rings (SSSR count). The molecule has 0 aromatic carbocycles. The molecular weight excluding hydrogens is 276 g/mol. The summed E-state index contributed by atoms with van der Waals surface area (Å²) in [6, 6.07) is 0. The Labute approximate surface area is 139 Å². The summed E-state index contributed by atoms with van der Waals surface area (Å²) in [5.41, 5.74) is 0. The smallest absolute Gasteiger partial charge is 0.330 e. The molecule has 0 saturated carbocycles. The number of ether oxygens (including phenoxy) is 2. The van der Waals surface area contributed by atoms with Crippen molar-refractivity contribution < 1.29 is 14.3 Å². The highest BCUT2D eigenvalue weighted by molar-refractivity contribution is 5.81. The number of carbonyl (C=O) groups is 1. The van der Waals surface area contributed by atoms with Crippen LogP contribution in [-0.4, -0.2) is 25.8 Å². The van der Waals surface area contributed by atoms with E-state index in [4.69, 9.17) is 9.47 Å². The zero-order chi connectivity index (χ0) is 14.9. The molecule has 0 spiro atoms. The van der Waals surface area contributed by atoms with E-state index in [-0.39, 0.29) is 20.8 Å². The molecule has 0 aliphatic carbocycles. The van der Waals surface area contributed by atoms with Gasteiger partial charge in [0.05, 0.1) is 6.61 Å². The van der Waals surface area contributed by atoms with Crippen LogP contribution >= 0.6 is 0 Å². The number of hydrogen-bond donors (Lipinski definition) is 0. The lowest BCUT2D eigenvalue weighted by Crippen LogP contribution is -2.08. The number of unbranched alkanes of at least 4 members (excludes halogenated alkanes) is 9. The SMILES string of the molecule is C.C.C=CC(=O)OCCOCCCCCCCCCCCC. The molecule has 0 atom stereocenters. The molecule has 0 fully saturated rings. The first-order valence-electron chi connectivity index (χ1n) is 8.18. The third-order valence-corrected chi connectivity index (χ3v) is 3.28. The van der Waals surface area contributed by atoms with Gasteiger partial charge < -0.3 is 9.47 Å². The summed E-state index contributed by atoms with van der Waals surface area (Å²) in [5.74, 6) is -0.382. The molecule has 3 nitrogen and oxygen atoms in total. The summed E-state index contributed by atoms with van der Waals surface area (Å²) in [6.45, 7) is 7.16. The van der Waals surface area contributed by atoms with Crippen molar-refractivity contribution in [1.29, 1.82) is 0 Å².